The Morgan fingerprint density at radius 3 is 2.70 bits per heavy atom. The fraction of sp³-hybridized carbons (Fsp3) is 0.600. The molecular weight excluding hydrogens is 120 g/mol. The number of allylic oxidation sites excluding steroid dienone is 4. The average molecular weight is 134 g/mol. The fourth-order valence-electron chi connectivity index (χ4n) is 2.22. The van der Waals surface area contributed by atoms with Gasteiger partial charge in [-0.1, -0.05) is 31.2 Å². The average Bonchev–Trinajstić information content (AvgIpc) is 2.34. The van der Waals surface area contributed by atoms with Gasteiger partial charge in [0.2, 0.25) is 0 Å². The molecule has 54 valence electrons. The monoisotopic (exact) mass is 134 g/mol. The van der Waals surface area contributed by atoms with E-state index in [0.717, 1.165) is 17.8 Å². The van der Waals surface area contributed by atoms with Crippen LogP contribution < -0.4 is 0 Å². The van der Waals surface area contributed by atoms with Crippen LogP contribution in [0.4, 0.5) is 0 Å². The summed E-state index contributed by atoms with van der Waals surface area (Å²) in [6, 6.07) is 0. The smallest absolute Gasteiger partial charge is 0.0142 e. The van der Waals surface area contributed by atoms with E-state index >= 15 is 0 Å². The first-order valence-electron chi connectivity index (χ1n) is 4.23. The van der Waals surface area contributed by atoms with Gasteiger partial charge in [-0.2, -0.15) is 0 Å². The Balaban J connectivity index is 2.19. The summed E-state index contributed by atoms with van der Waals surface area (Å²) in [4.78, 5) is 0. The molecule has 0 radical (unpaired) electrons. The van der Waals surface area contributed by atoms with Crippen molar-refractivity contribution >= 4 is 0 Å². The lowest BCUT2D eigenvalue weighted by molar-refractivity contribution is 0.451. The highest BCUT2D eigenvalue weighted by atomic mass is 14.3. The Labute approximate surface area is 62.6 Å². The highest BCUT2D eigenvalue weighted by Crippen LogP contribution is 2.39. The van der Waals surface area contributed by atoms with Crippen LogP contribution in [0.3, 0.4) is 0 Å². The molecule has 1 fully saturated rings. The second kappa shape index (κ2) is 2.26. The molecule has 0 amide bonds. The standard InChI is InChI=1S/C10H14/c1-8-6-7-9-4-2-3-5-10(8)9/h2-5,8-10H,6-7H2,1H3/t8-,9?,10-/m0/s1. The van der Waals surface area contributed by atoms with E-state index in [2.05, 4.69) is 31.2 Å². The van der Waals surface area contributed by atoms with Crippen LogP contribution in [-0.2, 0) is 0 Å². The van der Waals surface area contributed by atoms with E-state index < -0.39 is 0 Å². The maximum atomic E-state index is 2.38. The highest BCUT2D eigenvalue weighted by Gasteiger charge is 2.30. The van der Waals surface area contributed by atoms with E-state index in [1.807, 2.05) is 0 Å². The van der Waals surface area contributed by atoms with Gasteiger partial charge in [0.15, 0.2) is 0 Å². The minimum atomic E-state index is 0.866. The molecule has 0 aromatic rings. The van der Waals surface area contributed by atoms with Crippen molar-refractivity contribution in [2.75, 3.05) is 0 Å². The van der Waals surface area contributed by atoms with E-state index in [4.69, 9.17) is 0 Å². The summed E-state index contributed by atoms with van der Waals surface area (Å²) in [5.41, 5.74) is 0. The van der Waals surface area contributed by atoms with Crippen molar-refractivity contribution in [1.82, 2.24) is 0 Å². The van der Waals surface area contributed by atoms with Gasteiger partial charge in [-0.05, 0) is 30.6 Å². The van der Waals surface area contributed by atoms with E-state index in [0.29, 0.717) is 0 Å². The second-order valence-corrected chi connectivity index (χ2v) is 3.57. The van der Waals surface area contributed by atoms with Crippen molar-refractivity contribution in [3.8, 4) is 0 Å². The van der Waals surface area contributed by atoms with Gasteiger partial charge in [0.05, 0.1) is 0 Å². The van der Waals surface area contributed by atoms with Crippen LogP contribution in [0, 0.1) is 17.8 Å². The maximum Gasteiger partial charge on any atom is -0.0142 e. The summed E-state index contributed by atoms with van der Waals surface area (Å²) >= 11 is 0. The van der Waals surface area contributed by atoms with Gasteiger partial charge in [-0.15, -0.1) is 0 Å². The lowest BCUT2D eigenvalue weighted by Gasteiger charge is -2.18. The van der Waals surface area contributed by atoms with Gasteiger partial charge >= 0.3 is 0 Å². The maximum absolute atomic E-state index is 2.38. The van der Waals surface area contributed by atoms with Gasteiger partial charge in [0.25, 0.3) is 0 Å². The molecule has 0 aromatic carbocycles. The highest BCUT2D eigenvalue weighted by molar-refractivity contribution is 5.16. The number of hydrogen-bond donors (Lipinski definition) is 0. The van der Waals surface area contributed by atoms with Crippen LogP contribution in [0.5, 0.6) is 0 Å². The SMILES string of the molecule is C[C@H]1CCC2C=CC=C[C@H]21. The van der Waals surface area contributed by atoms with Crippen molar-refractivity contribution in [3.05, 3.63) is 24.3 Å². The molecule has 2 aliphatic rings. The minimum Gasteiger partial charge on any atom is -0.0808 e. The van der Waals surface area contributed by atoms with E-state index in [1.165, 1.54) is 12.8 Å². The Bertz CT molecular complexity index is 176. The molecular formula is C10H14. The summed E-state index contributed by atoms with van der Waals surface area (Å²) in [5, 5.41) is 0. The Kier molecular flexibility index (Phi) is 1.40. The van der Waals surface area contributed by atoms with Crippen LogP contribution >= 0.6 is 0 Å². The largest absolute Gasteiger partial charge is 0.0808 e. The second-order valence-electron chi connectivity index (χ2n) is 3.57. The van der Waals surface area contributed by atoms with Crippen molar-refractivity contribution in [3.63, 3.8) is 0 Å². The molecule has 0 heteroatoms. The molecule has 3 atom stereocenters. The zero-order chi connectivity index (χ0) is 6.97. The molecule has 0 saturated heterocycles. The van der Waals surface area contributed by atoms with Crippen LogP contribution in [0.25, 0.3) is 0 Å². The van der Waals surface area contributed by atoms with Gasteiger partial charge in [0.1, 0.15) is 0 Å². The lowest BCUT2D eigenvalue weighted by Crippen LogP contribution is -2.09. The molecule has 0 heterocycles. The minimum absolute atomic E-state index is 0.866. The Hall–Kier alpha value is -0.520. The van der Waals surface area contributed by atoms with Gasteiger partial charge < -0.3 is 0 Å². The molecule has 1 saturated carbocycles. The first-order chi connectivity index (χ1) is 4.88. The molecule has 2 rings (SSSR count). The molecule has 2 aliphatic carbocycles. The van der Waals surface area contributed by atoms with Crippen LogP contribution in [0.1, 0.15) is 19.8 Å². The molecule has 10 heavy (non-hydrogen) atoms. The zero-order valence-corrected chi connectivity index (χ0v) is 6.46. The third-order valence-electron chi connectivity index (χ3n) is 2.91. The molecule has 0 aromatic heterocycles. The lowest BCUT2D eigenvalue weighted by atomic mass is 9.87. The first kappa shape index (κ1) is 6.21. The quantitative estimate of drug-likeness (QED) is 0.478. The Morgan fingerprint density at radius 2 is 1.90 bits per heavy atom. The van der Waals surface area contributed by atoms with E-state index in [-0.39, 0.29) is 0 Å². The number of hydrogen-bond acceptors (Lipinski definition) is 0. The molecule has 0 bridgehead atoms. The fourth-order valence-corrected chi connectivity index (χ4v) is 2.22. The topological polar surface area (TPSA) is 0 Å². The van der Waals surface area contributed by atoms with Crippen LogP contribution in [-0.4, -0.2) is 0 Å². The van der Waals surface area contributed by atoms with Crippen molar-refractivity contribution in [2.24, 2.45) is 17.8 Å². The number of fused-ring (bicyclic) bond motifs is 1. The Morgan fingerprint density at radius 1 is 1.10 bits per heavy atom. The third-order valence-corrected chi connectivity index (χ3v) is 2.91. The summed E-state index contributed by atoms with van der Waals surface area (Å²) in [5.74, 6) is 2.66. The van der Waals surface area contributed by atoms with Crippen LogP contribution in [0.15, 0.2) is 24.3 Å². The summed E-state index contributed by atoms with van der Waals surface area (Å²) in [6.45, 7) is 2.37. The molecule has 0 nitrogen and oxygen atoms in total. The van der Waals surface area contributed by atoms with Crippen molar-refractivity contribution in [2.45, 2.75) is 19.8 Å². The molecule has 0 spiro atoms. The number of rotatable bonds is 0. The summed E-state index contributed by atoms with van der Waals surface area (Å²) in [7, 11) is 0. The normalized spacial score (nSPS) is 43.9. The van der Waals surface area contributed by atoms with Crippen LogP contribution in [0.2, 0.25) is 0 Å². The summed E-state index contributed by atoms with van der Waals surface area (Å²) in [6.07, 6.45) is 12.0. The predicted octanol–water partition coefficient (Wildman–Crippen LogP) is 2.77. The predicted molar refractivity (Wildman–Crippen MR) is 43.7 cm³/mol. The van der Waals surface area contributed by atoms with Gasteiger partial charge in [0, 0.05) is 0 Å². The molecule has 1 unspecified atom stereocenters. The zero-order valence-electron chi connectivity index (χ0n) is 6.46. The molecule has 0 aliphatic heterocycles. The third kappa shape index (κ3) is 0.828. The molecule has 0 N–H and O–H groups in total. The van der Waals surface area contributed by atoms with E-state index in [1.54, 1.807) is 0 Å². The van der Waals surface area contributed by atoms with Crippen molar-refractivity contribution in [1.29, 1.82) is 0 Å². The van der Waals surface area contributed by atoms with Gasteiger partial charge in [-0.25, -0.2) is 0 Å². The summed E-state index contributed by atoms with van der Waals surface area (Å²) < 4.78 is 0. The van der Waals surface area contributed by atoms with Gasteiger partial charge in [-0.3, -0.25) is 0 Å². The van der Waals surface area contributed by atoms with E-state index in [9.17, 15) is 0 Å². The first-order valence-corrected chi connectivity index (χ1v) is 4.23. The van der Waals surface area contributed by atoms with Crippen molar-refractivity contribution < 1.29 is 0 Å².